The summed E-state index contributed by atoms with van der Waals surface area (Å²) in [5.41, 5.74) is -1.25. The minimum absolute atomic E-state index is 0.0616. The maximum Gasteiger partial charge on any atom is 0.311 e. The molecule has 1 amide bonds. The molecule has 1 aliphatic carbocycles. The van der Waals surface area contributed by atoms with Gasteiger partial charge in [0.2, 0.25) is 5.91 Å². The number of carbonyl (C=O) groups is 2. The minimum Gasteiger partial charge on any atom is -0.481 e. The van der Waals surface area contributed by atoms with Gasteiger partial charge < -0.3 is 15.2 Å². The van der Waals surface area contributed by atoms with Crippen molar-refractivity contribution in [2.45, 2.75) is 46.5 Å². The average molecular weight is 271 g/mol. The lowest BCUT2D eigenvalue weighted by Crippen LogP contribution is -2.45. The molecule has 5 nitrogen and oxygen atoms in total. The molecular formula is C14H25NO4. The molecule has 5 heteroatoms. The first kappa shape index (κ1) is 16.0. The Labute approximate surface area is 114 Å². The molecule has 1 fully saturated rings. The smallest absolute Gasteiger partial charge is 0.311 e. The zero-order valence-electron chi connectivity index (χ0n) is 12.1. The summed E-state index contributed by atoms with van der Waals surface area (Å²) >= 11 is 0. The lowest BCUT2D eigenvalue weighted by molar-refractivity contribution is -0.149. The lowest BCUT2D eigenvalue weighted by Gasteiger charge is -2.28. The summed E-state index contributed by atoms with van der Waals surface area (Å²) < 4.78 is 5.34. The first-order chi connectivity index (χ1) is 8.96. The molecule has 0 heterocycles. The van der Waals surface area contributed by atoms with Gasteiger partial charge >= 0.3 is 5.97 Å². The van der Waals surface area contributed by atoms with E-state index in [1.165, 1.54) is 0 Å². The summed E-state index contributed by atoms with van der Waals surface area (Å²) in [6, 6.07) is 0. The van der Waals surface area contributed by atoms with Crippen molar-refractivity contribution in [3.05, 3.63) is 0 Å². The van der Waals surface area contributed by atoms with E-state index in [9.17, 15) is 14.7 Å². The van der Waals surface area contributed by atoms with E-state index in [2.05, 4.69) is 5.32 Å². The van der Waals surface area contributed by atoms with Crippen LogP contribution < -0.4 is 5.32 Å². The quantitative estimate of drug-likeness (QED) is 0.670. The lowest BCUT2D eigenvalue weighted by atomic mass is 9.82. The normalized spacial score (nSPS) is 17.0. The van der Waals surface area contributed by atoms with Gasteiger partial charge in [0.1, 0.15) is 0 Å². The number of rotatable bonds is 9. The van der Waals surface area contributed by atoms with Crippen molar-refractivity contribution >= 4 is 11.9 Å². The fourth-order valence-electron chi connectivity index (χ4n) is 2.20. The van der Waals surface area contributed by atoms with Crippen LogP contribution in [0.2, 0.25) is 0 Å². The van der Waals surface area contributed by atoms with Crippen molar-refractivity contribution in [3.63, 3.8) is 0 Å². The maximum atomic E-state index is 12.2. The Morgan fingerprint density at radius 1 is 1.26 bits per heavy atom. The van der Waals surface area contributed by atoms with Crippen molar-refractivity contribution < 1.29 is 19.4 Å². The topological polar surface area (TPSA) is 75.6 Å². The van der Waals surface area contributed by atoms with Crippen LogP contribution in [-0.4, -0.2) is 36.7 Å². The molecule has 0 spiro atoms. The predicted molar refractivity (Wildman–Crippen MR) is 71.8 cm³/mol. The molecule has 0 aromatic rings. The molecule has 1 rings (SSSR count). The van der Waals surface area contributed by atoms with Crippen LogP contribution in [0.3, 0.4) is 0 Å². The van der Waals surface area contributed by atoms with Gasteiger partial charge in [-0.3, -0.25) is 9.59 Å². The highest BCUT2D eigenvalue weighted by Gasteiger charge is 2.50. The van der Waals surface area contributed by atoms with Gasteiger partial charge in [-0.05, 0) is 32.6 Å². The number of nitrogens with one attached hydrogen (secondary N) is 1. The van der Waals surface area contributed by atoms with E-state index in [-0.39, 0.29) is 12.5 Å². The van der Waals surface area contributed by atoms with Gasteiger partial charge in [-0.1, -0.05) is 13.8 Å². The second-order valence-corrected chi connectivity index (χ2v) is 5.39. The van der Waals surface area contributed by atoms with Crippen LogP contribution in [-0.2, 0) is 14.3 Å². The Kier molecular flexibility index (Phi) is 5.35. The Bertz CT molecular complexity index is 332. The third-order valence-electron chi connectivity index (χ3n) is 4.31. The first-order valence-electron chi connectivity index (χ1n) is 7.06. The number of hydrogen-bond acceptors (Lipinski definition) is 3. The van der Waals surface area contributed by atoms with Crippen molar-refractivity contribution in [2.24, 2.45) is 10.8 Å². The SMILES string of the molecule is CCOCC1(C(=O)NCC(CC)(CC)C(=O)O)CC1. The molecule has 0 aromatic heterocycles. The molecule has 1 aliphatic rings. The second kappa shape index (κ2) is 6.37. The molecule has 0 bridgehead atoms. The van der Waals surface area contributed by atoms with E-state index in [0.717, 1.165) is 12.8 Å². The van der Waals surface area contributed by atoms with E-state index >= 15 is 0 Å². The number of hydrogen-bond donors (Lipinski definition) is 2. The predicted octanol–water partition coefficient (Wildman–Crippen LogP) is 1.81. The van der Waals surface area contributed by atoms with Crippen molar-refractivity contribution in [2.75, 3.05) is 19.8 Å². The Morgan fingerprint density at radius 3 is 2.21 bits per heavy atom. The zero-order chi connectivity index (χ0) is 14.5. The third kappa shape index (κ3) is 3.47. The van der Waals surface area contributed by atoms with Gasteiger partial charge in [-0.2, -0.15) is 0 Å². The van der Waals surface area contributed by atoms with Gasteiger partial charge in [-0.25, -0.2) is 0 Å². The summed E-state index contributed by atoms with van der Waals surface area (Å²) in [6.45, 7) is 6.82. The zero-order valence-corrected chi connectivity index (χ0v) is 12.1. The Balaban J connectivity index is 2.55. The number of carboxylic acid groups (broad SMARTS) is 1. The average Bonchev–Trinajstić information content (AvgIpc) is 3.18. The summed E-state index contributed by atoms with van der Waals surface area (Å²) in [5, 5.41) is 12.1. The van der Waals surface area contributed by atoms with Crippen molar-refractivity contribution in [1.29, 1.82) is 0 Å². The monoisotopic (exact) mass is 271 g/mol. The summed E-state index contributed by atoms with van der Waals surface area (Å²) in [5.74, 6) is -0.902. The van der Waals surface area contributed by atoms with Crippen LogP contribution in [0.25, 0.3) is 0 Å². The van der Waals surface area contributed by atoms with Crippen molar-refractivity contribution in [1.82, 2.24) is 5.32 Å². The number of carbonyl (C=O) groups excluding carboxylic acids is 1. The van der Waals surface area contributed by atoms with E-state index in [1.807, 2.05) is 20.8 Å². The van der Waals surface area contributed by atoms with E-state index in [4.69, 9.17) is 4.74 Å². The van der Waals surface area contributed by atoms with E-state index in [0.29, 0.717) is 26.1 Å². The molecule has 0 aromatic carbocycles. The van der Waals surface area contributed by atoms with Gasteiger partial charge in [0.15, 0.2) is 0 Å². The van der Waals surface area contributed by atoms with Crippen LogP contribution in [0.15, 0.2) is 0 Å². The number of ether oxygens (including phenoxy) is 1. The molecule has 0 saturated heterocycles. The molecule has 0 radical (unpaired) electrons. The van der Waals surface area contributed by atoms with Crippen LogP contribution >= 0.6 is 0 Å². The Morgan fingerprint density at radius 2 is 1.84 bits per heavy atom. The van der Waals surface area contributed by atoms with E-state index < -0.39 is 16.8 Å². The Hall–Kier alpha value is -1.10. The highest BCUT2D eigenvalue weighted by Crippen LogP contribution is 2.46. The number of aliphatic carboxylic acids is 1. The maximum absolute atomic E-state index is 12.2. The van der Waals surface area contributed by atoms with Gasteiger partial charge in [-0.15, -0.1) is 0 Å². The summed E-state index contributed by atoms with van der Waals surface area (Å²) in [6.07, 6.45) is 2.68. The molecule has 0 atom stereocenters. The van der Waals surface area contributed by atoms with Crippen LogP contribution in [0.5, 0.6) is 0 Å². The largest absolute Gasteiger partial charge is 0.481 e. The molecule has 0 aliphatic heterocycles. The highest BCUT2D eigenvalue weighted by molar-refractivity contribution is 5.86. The third-order valence-corrected chi connectivity index (χ3v) is 4.31. The minimum atomic E-state index is -0.850. The molecule has 2 N–H and O–H groups in total. The van der Waals surface area contributed by atoms with Crippen LogP contribution in [0.1, 0.15) is 46.5 Å². The van der Waals surface area contributed by atoms with Gasteiger partial charge in [0.05, 0.1) is 17.4 Å². The first-order valence-corrected chi connectivity index (χ1v) is 7.06. The standard InChI is InChI=1S/C14H25NO4/c1-4-13(5-2,12(17)18)9-15-11(16)14(7-8-14)10-19-6-3/h4-10H2,1-3H3,(H,15,16)(H,17,18). The summed E-state index contributed by atoms with van der Waals surface area (Å²) in [7, 11) is 0. The fraction of sp³-hybridized carbons (Fsp3) is 0.857. The molecule has 19 heavy (non-hydrogen) atoms. The molecular weight excluding hydrogens is 246 g/mol. The van der Waals surface area contributed by atoms with Crippen molar-refractivity contribution in [3.8, 4) is 0 Å². The second-order valence-electron chi connectivity index (χ2n) is 5.39. The molecule has 0 unspecified atom stereocenters. The van der Waals surface area contributed by atoms with E-state index in [1.54, 1.807) is 0 Å². The van der Waals surface area contributed by atoms with Gasteiger partial charge in [0.25, 0.3) is 0 Å². The molecule has 1 saturated carbocycles. The number of carboxylic acids is 1. The molecule has 110 valence electrons. The van der Waals surface area contributed by atoms with Gasteiger partial charge in [0, 0.05) is 13.2 Å². The highest BCUT2D eigenvalue weighted by atomic mass is 16.5. The fourth-order valence-corrected chi connectivity index (χ4v) is 2.20. The number of amides is 1. The summed E-state index contributed by atoms with van der Waals surface area (Å²) in [4.78, 5) is 23.5. The van der Waals surface area contributed by atoms with Crippen LogP contribution in [0.4, 0.5) is 0 Å². The van der Waals surface area contributed by atoms with Crippen LogP contribution in [0, 0.1) is 10.8 Å².